The van der Waals surface area contributed by atoms with Gasteiger partial charge < -0.3 is 0 Å². The van der Waals surface area contributed by atoms with Crippen molar-refractivity contribution in [1.82, 2.24) is 0 Å². The summed E-state index contributed by atoms with van der Waals surface area (Å²) in [5.41, 5.74) is 7.61. The van der Waals surface area contributed by atoms with Crippen LogP contribution in [0.1, 0.15) is 71.1 Å². The summed E-state index contributed by atoms with van der Waals surface area (Å²) in [6.07, 6.45) is 20.5. The second-order valence-electron chi connectivity index (χ2n) is 9.99. The fraction of sp³-hybridized carbons (Fsp3) is 0.739. The maximum atomic E-state index is 2.72. The van der Waals surface area contributed by atoms with Gasteiger partial charge in [-0.05, 0) is 110 Å². The first-order valence-electron chi connectivity index (χ1n) is 10.4. The van der Waals surface area contributed by atoms with E-state index in [9.17, 15) is 0 Å². The second kappa shape index (κ2) is 4.44. The third kappa shape index (κ3) is 1.73. The van der Waals surface area contributed by atoms with E-state index in [1.807, 2.05) is 0 Å². The topological polar surface area (TPSA) is 0 Å². The molecule has 2 atom stereocenters. The summed E-state index contributed by atoms with van der Waals surface area (Å²) >= 11 is 0. The number of allylic oxidation sites excluding steroid dienone is 6. The molecule has 7 aliphatic carbocycles. The van der Waals surface area contributed by atoms with Crippen molar-refractivity contribution in [3.8, 4) is 0 Å². The molecular formula is C23H30. The van der Waals surface area contributed by atoms with Crippen molar-refractivity contribution in [1.29, 1.82) is 0 Å². The number of hydrogen-bond donors (Lipinski definition) is 0. The minimum absolute atomic E-state index is 0.601. The Balaban J connectivity index is 1.41. The third-order valence-corrected chi connectivity index (χ3v) is 8.72. The molecule has 0 spiro atoms. The molecule has 2 unspecified atom stereocenters. The molecule has 7 aliphatic rings. The largest absolute Gasteiger partial charge is 0.0621 e. The molecule has 0 nitrogen and oxygen atoms in total. The zero-order valence-electron chi connectivity index (χ0n) is 14.6. The van der Waals surface area contributed by atoms with E-state index in [2.05, 4.69) is 19.1 Å². The van der Waals surface area contributed by atoms with Crippen LogP contribution >= 0.6 is 0 Å². The van der Waals surface area contributed by atoms with Crippen LogP contribution in [0, 0.1) is 35.0 Å². The predicted octanol–water partition coefficient (Wildman–Crippen LogP) is 6.21. The molecule has 0 aromatic rings. The van der Waals surface area contributed by atoms with Gasteiger partial charge in [0.1, 0.15) is 0 Å². The highest BCUT2D eigenvalue weighted by molar-refractivity contribution is 5.62. The van der Waals surface area contributed by atoms with Crippen LogP contribution < -0.4 is 0 Å². The molecule has 5 fully saturated rings. The van der Waals surface area contributed by atoms with Crippen LogP contribution in [0.5, 0.6) is 0 Å². The van der Waals surface area contributed by atoms with E-state index in [0.29, 0.717) is 5.41 Å². The highest BCUT2D eigenvalue weighted by Crippen LogP contribution is 2.65. The molecule has 0 N–H and O–H groups in total. The lowest BCUT2D eigenvalue weighted by Crippen LogP contribution is -2.46. The lowest BCUT2D eigenvalue weighted by Gasteiger charge is -2.57. The Bertz CT molecular complexity index is 620. The summed E-state index contributed by atoms with van der Waals surface area (Å²) in [7, 11) is 0. The average Bonchev–Trinajstić information content (AvgIpc) is 3.08. The first kappa shape index (κ1) is 13.5. The highest BCUT2D eigenvalue weighted by atomic mass is 14.6. The van der Waals surface area contributed by atoms with Crippen molar-refractivity contribution in [2.45, 2.75) is 71.1 Å². The second-order valence-corrected chi connectivity index (χ2v) is 9.99. The first-order chi connectivity index (χ1) is 11.2. The van der Waals surface area contributed by atoms with Crippen molar-refractivity contribution in [2.75, 3.05) is 0 Å². The van der Waals surface area contributed by atoms with Crippen LogP contribution in [-0.2, 0) is 0 Å². The van der Waals surface area contributed by atoms with Gasteiger partial charge in [-0.3, -0.25) is 0 Å². The number of rotatable bonds is 1. The monoisotopic (exact) mass is 306 g/mol. The first-order valence-corrected chi connectivity index (χ1v) is 10.4. The van der Waals surface area contributed by atoms with Gasteiger partial charge in [0.15, 0.2) is 0 Å². The summed E-state index contributed by atoms with van der Waals surface area (Å²) < 4.78 is 0. The SMILES string of the molecule is CC1=C2C=C(C34CC5CC(CC(C5)C3)C4)C=C2C2CCCCC12. The van der Waals surface area contributed by atoms with E-state index < -0.39 is 0 Å². The van der Waals surface area contributed by atoms with Gasteiger partial charge in [-0.25, -0.2) is 0 Å². The van der Waals surface area contributed by atoms with Gasteiger partial charge in [0.2, 0.25) is 0 Å². The lowest BCUT2D eigenvalue weighted by atomic mass is 9.48. The molecule has 4 bridgehead atoms. The van der Waals surface area contributed by atoms with E-state index in [0.717, 1.165) is 29.6 Å². The molecule has 0 aromatic carbocycles. The van der Waals surface area contributed by atoms with E-state index >= 15 is 0 Å². The molecule has 0 aromatic heterocycles. The summed E-state index contributed by atoms with van der Waals surface area (Å²) in [5.74, 6) is 5.00. The lowest BCUT2D eigenvalue weighted by molar-refractivity contribution is -0.0284. The molecule has 7 rings (SSSR count). The molecule has 0 saturated heterocycles. The fourth-order valence-electron chi connectivity index (χ4n) is 8.17. The van der Waals surface area contributed by atoms with Gasteiger partial charge in [0.25, 0.3) is 0 Å². The Labute approximate surface area is 141 Å². The minimum atomic E-state index is 0.601. The van der Waals surface area contributed by atoms with Crippen molar-refractivity contribution < 1.29 is 0 Å². The molecular weight excluding hydrogens is 276 g/mol. The van der Waals surface area contributed by atoms with Crippen molar-refractivity contribution in [2.24, 2.45) is 35.0 Å². The molecule has 0 heteroatoms. The van der Waals surface area contributed by atoms with Crippen LogP contribution in [0.25, 0.3) is 0 Å². The Morgan fingerprint density at radius 3 is 2.09 bits per heavy atom. The van der Waals surface area contributed by atoms with Gasteiger partial charge in [-0.1, -0.05) is 30.6 Å². The van der Waals surface area contributed by atoms with E-state index in [-0.39, 0.29) is 0 Å². The highest BCUT2D eigenvalue weighted by Gasteiger charge is 2.53. The van der Waals surface area contributed by atoms with Gasteiger partial charge in [-0.2, -0.15) is 0 Å². The van der Waals surface area contributed by atoms with Crippen LogP contribution in [0.15, 0.2) is 34.4 Å². The molecule has 0 heterocycles. The normalized spacial score (nSPS) is 50.0. The standard InChI is InChI=1S/C23H30/c1-14-19-4-2-3-5-20(19)22-10-18(9-21(14)22)23-11-15-6-16(12-23)8-17(7-15)13-23/h9-10,15-17,19-20H,2-8,11-13H2,1H3. The Hall–Kier alpha value is -0.780. The van der Waals surface area contributed by atoms with Gasteiger partial charge >= 0.3 is 0 Å². The minimum Gasteiger partial charge on any atom is -0.0621 e. The molecule has 0 amide bonds. The van der Waals surface area contributed by atoms with Crippen LogP contribution in [-0.4, -0.2) is 0 Å². The summed E-state index contributed by atoms with van der Waals surface area (Å²) in [4.78, 5) is 0. The van der Waals surface area contributed by atoms with Crippen molar-refractivity contribution >= 4 is 0 Å². The van der Waals surface area contributed by atoms with Gasteiger partial charge in [0, 0.05) is 0 Å². The Morgan fingerprint density at radius 2 is 1.43 bits per heavy atom. The Morgan fingerprint density at radius 1 is 0.826 bits per heavy atom. The van der Waals surface area contributed by atoms with E-state index in [1.165, 1.54) is 44.9 Å². The van der Waals surface area contributed by atoms with Crippen LogP contribution in [0.2, 0.25) is 0 Å². The van der Waals surface area contributed by atoms with Crippen LogP contribution in [0.3, 0.4) is 0 Å². The fourth-order valence-corrected chi connectivity index (χ4v) is 8.17. The van der Waals surface area contributed by atoms with Crippen molar-refractivity contribution in [3.63, 3.8) is 0 Å². The van der Waals surface area contributed by atoms with E-state index in [4.69, 9.17) is 0 Å². The quantitative estimate of drug-likeness (QED) is 0.540. The average molecular weight is 306 g/mol. The Kier molecular flexibility index (Phi) is 2.60. The molecule has 0 aliphatic heterocycles. The summed E-state index contributed by atoms with van der Waals surface area (Å²) in [6.45, 7) is 2.46. The molecule has 23 heavy (non-hydrogen) atoms. The molecule has 122 valence electrons. The van der Waals surface area contributed by atoms with E-state index in [1.54, 1.807) is 41.6 Å². The summed E-state index contributed by atoms with van der Waals surface area (Å²) in [5, 5.41) is 0. The molecule has 5 saturated carbocycles. The third-order valence-electron chi connectivity index (χ3n) is 8.72. The number of fused-ring (bicyclic) bond motifs is 3. The zero-order chi connectivity index (χ0) is 15.2. The van der Waals surface area contributed by atoms with Gasteiger partial charge in [0.05, 0.1) is 0 Å². The van der Waals surface area contributed by atoms with Gasteiger partial charge in [-0.15, -0.1) is 0 Å². The van der Waals surface area contributed by atoms with Crippen LogP contribution in [0.4, 0.5) is 0 Å². The number of hydrogen-bond acceptors (Lipinski definition) is 0. The maximum absolute atomic E-state index is 2.72. The zero-order valence-corrected chi connectivity index (χ0v) is 14.6. The molecule has 0 radical (unpaired) electrons. The predicted molar refractivity (Wildman–Crippen MR) is 94.9 cm³/mol. The summed E-state index contributed by atoms with van der Waals surface area (Å²) in [6, 6.07) is 0. The van der Waals surface area contributed by atoms with Crippen molar-refractivity contribution in [3.05, 3.63) is 34.4 Å². The smallest absolute Gasteiger partial charge is 0.00387 e. The maximum Gasteiger partial charge on any atom is -0.00387 e.